The summed E-state index contributed by atoms with van der Waals surface area (Å²) >= 11 is 11.4. The molecule has 0 fully saturated rings. The molecule has 200 valence electrons. The molecule has 1 amide bonds. The lowest BCUT2D eigenvalue weighted by atomic mass is 9.97. The van der Waals surface area contributed by atoms with Gasteiger partial charge in [-0.3, -0.25) is 4.79 Å². The van der Waals surface area contributed by atoms with Crippen LogP contribution in [-0.2, 0) is 4.79 Å². The maximum absolute atomic E-state index is 10.4. The Labute approximate surface area is 228 Å². The largest absolute Gasteiger partial charge is 0.493 e. The van der Waals surface area contributed by atoms with E-state index in [0.717, 1.165) is 50.3 Å². The number of rotatable bonds is 14. The maximum atomic E-state index is 10.4. The minimum atomic E-state index is 0.265. The van der Waals surface area contributed by atoms with Crippen molar-refractivity contribution in [2.45, 2.75) is 46.6 Å². The van der Waals surface area contributed by atoms with Gasteiger partial charge < -0.3 is 20.3 Å². The van der Waals surface area contributed by atoms with Crippen molar-refractivity contribution in [3.8, 4) is 5.75 Å². The fourth-order valence-electron chi connectivity index (χ4n) is 3.60. The van der Waals surface area contributed by atoms with Crippen LogP contribution in [0.4, 0.5) is 0 Å². The van der Waals surface area contributed by atoms with Crippen molar-refractivity contribution >= 4 is 35.7 Å². The third-order valence-electron chi connectivity index (χ3n) is 6.00. The fourth-order valence-corrected chi connectivity index (χ4v) is 3.91. The lowest BCUT2D eigenvalue weighted by Crippen LogP contribution is -2.30. The van der Waals surface area contributed by atoms with E-state index in [1.807, 2.05) is 6.07 Å². The van der Waals surface area contributed by atoms with Crippen molar-refractivity contribution in [3.05, 3.63) is 69.2 Å². The van der Waals surface area contributed by atoms with Gasteiger partial charge >= 0.3 is 0 Å². The molecule has 0 bridgehead atoms. The highest BCUT2D eigenvalue weighted by molar-refractivity contribution is 6.42. The number of carbonyl (C=O) groups is 1. The third kappa shape index (κ3) is 11.8. The Hall–Kier alpha value is -2.05. The van der Waals surface area contributed by atoms with Crippen molar-refractivity contribution in [2.24, 2.45) is 5.92 Å². The molecule has 0 aliphatic carbocycles. The number of unbranched alkanes of at least 4 members (excludes halogenated alkanes) is 1. The Balaban J connectivity index is 0.000000537. The number of nitrogens with one attached hydrogen (secondary N) is 2. The van der Waals surface area contributed by atoms with Crippen molar-refractivity contribution in [1.29, 1.82) is 0 Å². The maximum Gasteiger partial charge on any atom is 0.207 e. The standard InChI is InChI=1S/C21H37N3O2.C8H6Cl2/c1-16(13-22-15-25)14-23-19(4)20-9-10-21(18(3)17(20)2)26-12-8-7-11-24(5)6;1-2-6-3-4-7(9)8(10)5-6/h9-10,15-16,19,23H,7-8,11-14H2,1-6H3,(H,22,25);2-5H,1H2. The van der Waals surface area contributed by atoms with E-state index < -0.39 is 0 Å². The summed E-state index contributed by atoms with van der Waals surface area (Å²) in [6.45, 7) is 15.6. The SMILES string of the molecule is C=Cc1ccc(Cl)c(Cl)c1.Cc1c(OCCCCN(C)C)ccc(C(C)NCC(C)CNC=O)c1C. The highest BCUT2D eigenvalue weighted by Crippen LogP contribution is 2.28. The van der Waals surface area contributed by atoms with E-state index in [1.165, 1.54) is 16.7 Å². The molecule has 2 aromatic carbocycles. The zero-order valence-corrected chi connectivity index (χ0v) is 24.2. The molecule has 0 aliphatic heterocycles. The average molecular weight is 537 g/mol. The first-order valence-corrected chi connectivity index (χ1v) is 13.2. The van der Waals surface area contributed by atoms with E-state index in [0.29, 0.717) is 22.5 Å². The number of amides is 1. The molecule has 0 aliphatic rings. The van der Waals surface area contributed by atoms with Crippen LogP contribution in [0.1, 0.15) is 55.0 Å². The molecule has 0 saturated heterocycles. The smallest absolute Gasteiger partial charge is 0.207 e. The predicted octanol–water partition coefficient (Wildman–Crippen LogP) is 6.69. The minimum Gasteiger partial charge on any atom is -0.493 e. The third-order valence-corrected chi connectivity index (χ3v) is 6.74. The normalized spacial score (nSPS) is 12.4. The minimum absolute atomic E-state index is 0.265. The van der Waals surface area contributed by atoms with Crippen LogP contribution in [0, 0.1) is 19.8 Å². The molecule has 0 radical (unpaired) electrons. The quantitative estimate of drug-likeness (QED) is 0.209. The second-order valence-corrected chi connectivity index (χ2v) is 10.2. The molecule has 5 nitrogen and oxygen atoms in total. The van der Waals surface area contributed by atoms with Gasteiger partial charge in [-0.15, -0.1) is 0 Å². The van der Waals surface area contributed by atoms with Crippen LogP contribution in [0.15, 0.2) is 36.9 Å². The van der Waals surface area contributed by atoms with Crippen LogP contribution in [-0.4, -0.2) is 51.6 Å². The number of hydrogen-bond donors (Lipinski definition) is 2. The Morgan fingerprint density at radius 2 is 1.75 bits per heavy atom. The summed E-state index contributed by atoms with van der Waals surface area (Å²) in [5.41, 5.74) is 4.79. The fraction of sp³-hybridized carbons (Fsp3) is 0.483. The average Bonchev–Trinajstić information content (AvgIpc) is 2.85. The van der Waals surface area contributed by atoms with Crippen molar-refractivity contribution in [2.75, 3.05) is 40.3 Å². The van der Waals surface area contributed by atoms with E-state index in [-0.39, 0.29) is 6.04 Å². The number of halogens is 2. The monoisotopic (exact) mass is 535 g/mol. The number of nitrogens with zero attached hydrogens (tertiary/aromatic N) is 1. The van der Waals surface area contributed by atoms with Gasteiger partial charge in [-0.2, -0.15) is 0 Å². The highest BCUT2D eigenvalue weighted by atomic mass is 35.5. The topological polar surface area (TPSA) is 53.6 Å². The number of benzene rings is 2. The van der Waals surface area contributed by atoms with Gasteiger partial charge in [-0.25, -0.2) is 0 Å². The Morgan fingerprint density at radius 3 is 2.36 bits per heavy atom. The van der Waals surface area contributed by atoms with E-state index in [2.05, 4.69) is 76.0 Å². The summed E-state index contributed by atoms with van der Waals surface area (Å²) in [6, 6.07) is 9.92. The summed E-state index contributed by atoms with van der Waals surface area (Å²) in [7, 11) is 4.20. The molecule has 2 rings (SSSR count). The Morgan fingerprint density at radius 1 is 1.03 bits per heavy atom. The van der Waals surface area contributed by atoms with E-state index in [4.69, 9.17) is 27.9 Å². The van der Waals surface area contributed by atoms with Gasteiger partial charge in [0, 0.05) is 12.6 Å². The highest BCUT2D eigenvalue weighted by Gasteiger charge is 2.13. The first kappa shape index (κ1) is 32.0. The number of hydrogen-bond acceptors (Lipinski definition) is 4. The Bertz CT molecular complexity index is 950. The van der Waals surface area contributed by atoms with Crippen molar-refractivity contribution in [3.63, 3.8) is 0 Å². The predicted molar refractivity (Wildman–Crippen MR) is 155 cm³/mol. The summed E-state index contributed by atoms with van der Waals surface area (Å²) in [6.07, 6.45) is 4.71. The summed E-state index contributed by atoms with van der Waals surface area (Å²) in [5.74, 6) is 1.39. The van der Waals surface area contributed by atoms with E-state index in [1.54, 1.807) is 18.2 Å². The summed E-state index contributed by atoms with van der Waals surface area (Å²) in [4.78, 5) is 12.6. The van der Waals surface area contributed by atoms with Gasteiger partial charge in [-0.1, -0.05) is 54.9 Å². The molecule has 0 saturated carbocycles. The summed E-state index contributed by atoms with van der Waals surface area (Å²) < 4.78 is 6.00. The second kappa shape index (κ2) is 17.4. The van der Waals surface area contributed by atoms with Crippen LogP contribution in [0.25, 0.3) is 6.08 Å². The molecule has 2 N–H and O–H groups in total. The van der Waals surface area contributed by atoms with Gasteiger partial charge in [0.25, 0.3) is 0 Å². The first-order chi connectivity index (χ1) is 17.1. The van der Waals surface area contributed by atoms with E-state index in [9.17, 15) is 4.79 Å². The molecule has 36 heavy (non-hydrogen) atoms. The second-order valence-electron chi connectivity index (χ2n) is 9.40. The van der Waals surface area contributed by atoms with E-state index >= 15 is 0 Å². The van der Waals surface area contributed by atoms with Crippen LogP contribution in [0.5, 0.6) is 5.75 Å². The zero-order chi connectivity index (χ0) is 27.1. The molecule has 2 atom stereocenters. The van der Waals surface area contributed by atoms with Crippen molar-refractivity contribution < 1.29 is 9.53 Å². The molecule has 2 aromatic rings. The molecule has 0 heterocycles. The van der Waals surface area contributed by atoms with Crippen LogP contribution in [0.2, 0.25) is 10.0 Å². The molecule has 7 heteroatoms. The Kier molecular flexibility index (Phi) is 15.5. The lowest BCUT2D eigenvalue weighted by Gasteiger charge is -2.22. The zero-order valence-electron chi connectivity index (χ0n) is 22.7. The van der Waals surface area contributed by atoms with Crippen LogP contribution >= 0.6 is 23.2 Å². The van der Waals surface area contributed by atoms with Gasteiger partial charge in [-0.05, 0) is 107 Å². The van der Waals surface area contributed by atoms with Crippen LogP contribution in [0.3, 0.4) is 0 Å². The number of carbonyl (C=O) groups excluding carboxylic acids is 1. The first-order valence-electron chi connectivity index (χ1n) is 12.5. The van der Waals surface area contributed by atoms with Gasteiger partial charge in [0.15, 0.2) is 0 Å². The number of ether oxygens (including phenoxy) is 1. The van der Waals surface area contributed by atoms with Gasteiger partial charge in [0.2, 0.25) is 6.41 Å². The van der Waals surface area contributed by atoms with Crippen molar-refractivity contribution in [1.82, 2.24) is 15.5 Å². The molecule has 0 spiro atoms. The van der Waals surface area contributed by atoms with Gasteiger partial charge in [0.1, 0.15) is 5.75 Å². The molecular weight excluding hydrogens is 493 g/mol. The van der Waals surface area contributed by atoms with Gasteiger partial charge in [0.05, 0.1) is 16.7 Å². The summed E-state index contributed by atoms with van der Waals surface area (Å²) in [5, 5.41) is 7.44. The lowest BCUT2D eigenvalue weighted by molar-refractivity contribution is -0.109. The molecule has 2 unspecified atom stereocenters. The molecule has 0 aromatic heterocycles. The molecular formula is C29H43Cl2N3O2. The van der Waals surface area contributed by atoms with Crippen LogP contribution < -0.4 is 15.4 Å².